The molecular formula is C13H11NO4. The van der Waals surface area contributed by atoms with E-state index in [0.29, 0.717) is 10.9 Å². The van der Waals surface area contributed by atoms with Crippen LogP contribution in [0.5, 0.6) is 0 Å². The molecule has 1 heterocycles. The number of aryl methyl sites for hydroxylation is 1. The number of Topliss-reactive ketones (excluding diaryl/α,β-unsaturated/α-hetero) is 1. The molecule has 1 aromatic carbocycles. The molecule has 0 aliphatic carbocycles. The zero-order chi connectivity index (χ0) is 13.4. The van der Waals surface area contributed by atoms with Gasteiger partial charge in [-0.3, -0.25) is 9.59 Å². The number of hydrogen-bond acceptors (Lipinski definition) is 3. The quantitative estimate of drug-likeness (QED) is 0.789. The predicted octanol–water partition coefficient (Wildman–Crippen LogP) is 1.74. The van der Waals surface area contributed by atoms with Crippen molar-refractivity contribution in [3.63, 3.8) is 0 Å². The summed E-state index contributed by atoms with van der Waals surface area (Å²) in [4.78, 5) is 37.0. The lowest BCUT2D eigenvalue weighted by Gasteiger charge is -2.07. The number of aromatic amines is 1. The average molecular weight is 245 g/mol. The molecule has 18 heavy (non-hydrogen) atoms. The highest BCUT2D eigenvalue weighted by molar-refractivity contribution is 6.12. The van der Waals surface area contributed by atoms with Gasteiger partial charge < -0.3 is 10.1 Å². The third-order valence-corrected chi connectivity index (χ3v) is 2.74. The molecule has 0 saturated carbocycles. The second-order valence-corrected chi connectivity index (χ2v) is 4.11. The first-order valence-electron chi connectivity index (χ1n) is 5.32. The predicted molar refractivity (Wildman–Crippen MR) is 66.3 cm³/mol. The van der Waals surface area contributed by atoms with Crippen LogP contribution in [0.15, 0.2) is 23.0 Å². The fourth-order valence-corrected chi connectivity index (χ4v) is 1.96. The summed E-state index contributed by atoms with van der Waals surface area (Å²) in [7, 11) is 0. The lowest BCUT2D eigenvalue weighted by molar-refractivity contribution is 0.0694. The molecule has 0 radical (unpaired) electrons. The number of aromatic nitrogens is 1. The number of ketones is 1. The Morgan fingerprint density at radius 2 is 1.89 bits per heavy atom. The van der Waals surface area contributed by atoms with Crippen molar-refractivity contribution < 1.29 is 14.7 Å². The van der Waals surface area contributed by atoms with Crippen LogP contribution >= 0.6 is 0 Å². The molecule has 0 fully saturated rings. The highest BCUT2D eigenvalue weighted by Crippen LogP contribution is 2.20. The summed E-state index contributed by atoms with van der Waals surface area (Å²) >= 11 is 0. The van der Waals surface area contributed by atoms with Crippen molar-refractivity contribution in [1.82, 2.24) is 4.98 Å². The first-order chi connectivity index (χ1) is 8.41. The zero-order valence-corrected chi connectivity index (χ0v) is 9.90. The molecule has 0 saturated heterocycles. The van der Waals surface area contributed by atoms with Crippen LogP contribution < -0.4 is 5.56 Å². The molecule has 2 aromatic rings. The van der Waals surface area contributed by atoms with Crippen LogP contribution in [0.25, 0.3) is 10.9 Å². The van der Waals surface area contributed by atoms with Gasteiger partial charge in [0.25, 0.3) is 5.56 Å². The molecule has 2 N–H and O–H groups in total. The molecule has 92 valence electrons. The van der Waals surface area contributed by atoms with E-state index in [-0.39, 0.29) is 11.1 Å². The Labute approximate surface area is 102 Å². The number of H-pyrrole nitrogens is 1. The lowest BCUT2D eigenvalue weighted by atomic mass is 10.00. The number of carbonyl (C=O) groups is 2. The number of carbonyl (C=O) groups excluding carboxylic acids is 1. The summed E-state index contributed by atoms with van der Waals surface area (Å²) in [6.45, 7) is 2.99. The first-order valence-corrected chi connectivity index (χ1v) is 5.32. The van der Waals surface area contributed by atoms with Crippen LogP contribution in [0, 0.1) is 6.92 Å². The van der Waals surface area contributed by atoms with E-state index in [1.54, 1.807) is 18.2 Å². The summed E-state index contributed by atoms with van der Waals surface area (Å²) in [5.41, 5.74) is 0.0568. The molecule has 0 aliphatic heterocycles. The van der Waals surface area contributed by atoms with Crippen molar-refractivity contribution in [3.05, 3.63) is 45.2 Å². The molecule has 5 heteroatoms. The molecule has 0 spiro atoms. The molecule has 5 nitrogen and oxygen atoms in total. The van der Waals surface area contributed by atoms with E-state index in [1.807, 2.05) is 6.92 Å². The molecule has 0 atom stereocenters. The van der Waals surface area contributed by atoms with Crippen molar-refractivity contribution in [2.45, 2.75) is 13.8 Å². The molecule has 0 bridgehead atoms. The number of rotatable bonds is 2. The number of carboxylic acid groups (broad SMARTS) is 1. The molecule has 2 rings (SSSR count). The van der Waals surface area contributed by atoms with Crippen LogP contribution in [-0.2, 0) is 0 Å². The van der Waals surface area contributed by atoms with Gasteiger partial charge >= 0.3 is 5.97 Å². The second-order valence-electron chi connectivity index (χ2n) is 4.11. The van der Waals surface area contributed by atoms with Crippen LogP contribution in [0.3, 0.4) is 0 Å². The average Bonchev–Trinajstić information content (AvgIpc) is 2.27. The van der Waals surface area contributed by atoms with E-state index in [1.165, 1.54) is 6.92 Å². The van der Waals surface area contributed by atoms with E-state index >= 15 is 0 Å². The summed E-state index contributed by atoms with van der Waals surface area (Å²) in [5, 5.41) is 9.59. The normalized spacial score (nSPS) is 10.6. The number of pyridine rings is 1. The van der Waals surface area contributed by atoms with E-state index in [4.69, 9.17) is 0 Å². The van der Waals surface area contributed by atoms with Gasteiger partial charge in [-0.2, -0.15) is 0 Å². The smallest absolute Gasteiger partial charge is 0.337 e. The number of fused-ring (bicyclic) bond motifs is 1. The number of benzene rings is 1. The molecule has 0 unspecified atom stereocenters. The van der Waals surface area contributed by atoms with E-state index < -0.39 is 17.3 Å². The molecule has 0 aliphatic rings. The highest BCUT2D eigenvalue weighted by atomic mass is 16.4. The largest absolute Gasteiger partial charge is 0.478 e. The minimum absolute atomic E-state index is 0.232. The van der Waals surface area contributed by atoms with Crippen molar-refractivity contribution >= 4 is 22.7 Å². The van der Waals surface area contributed by atoms with E-state index in [0.717, 1.165) is 5.56 Å². The van der Waals surface area contributed by atoms with Gasteiger partial charge in [-0.1, -0.05) is 11.6 Å². The van der Waals surface area contributed by atoms with Gasteiger partial charge in [0.05, 0.1) is 11.1 Å². The molecule has 1 aromatic heterocycles. The Morgan fingerprint density at radius 1 is 1.22 bits per heavy atom. The minimum atomic E-state index is -1.28. The third-order valence-electron chi connectivity index (χ3n) is 2.74. The Balaban J connectivity index is 3.06. The topological polar surface area (TPSA) is 87.2 Å². The minimum Gasteiger partial charge on any atom is -0.478 e. The van der Waals surface area contributed by atoms with Gasteiger partial charge in [0.15, 0.2) is 5.78 Å². The van der Waals surface area contributed by atoms with Gasteiger partial charge in [-0.05, 0) is 26.0 Å². The lowest BCUT2D eigenvalue weighted by Crippen LogP contribution is -2.22. The maximum Gasteiger partial charge on any atom is 0.337 e. The Bertz CT molecular complexity index is 728. The van der Waals surface area contributed by atoms with Gasteiger partial charge in [0, 0.05) is 10.9 Å². The number of aromatic carboxylic acids is 1. The fourth-order valence-electron chi connectivity index (χ4n) is 1.96. The molecular weight excluding hydrogens is 234 g/mol. The van der Waals surface area contributed by atoms with Gasteiger partial charge in [0.1, 0.15) is 0 Å². The van der Waals surface area contributed by atoms with Crippen molar-refractivity contribution in [3.8, 4) is 0 Å². The summed E-state index contributed by atoms with van der Waals surface area (Å²) in [6, 6.07) is 5.03. The summed E-state index contributed by atoms with van der Waals surface area (Å²) in [5.74, 6) is -1.83. The van der Waals surface area contributed by atoms with Crippen molar-refractivity contribution in [1.29, 1.82) is 0 Å². The number of carboxylic acids is 1. The molecule has 0 amide bonds. The Morgan fingerprint density at radius 3 is 2.44 bits per heavy atom. The highest BCUT2D eigenvalue weighted by Gasteiger charge is 2.21. The van der Waals surface area contributed by atoms with Crippen LogP contribution in [0.1, 0.15) is 33.2 Å². The van der Waals surface area contributed by atoms with Gasteiger partial charge in [-0.15, -0.1) is 0 Å². The standard InChI is InChI=1S/C13H11NO4/c1-6-3-4-9-8(5-6)11(13(17)18)10(7(2)15)12(16)14-9/h3-5H,1-2H3,(H,14,16)(H,17,18). The fraction of sp³-hybridized carbons (Fsp3) is 0.154. The number of hydrogen-bond donors (Lipinski definition) is 2. The van der Waals surface area contributed by atoms with E-state index in [9.17, 15) is 19.5 Å². The maximum absolute atomic E-state index is 11.7. The maximum atomic E-state index is 11.7. The van der Waals surface area contributed by atoms with Gasteiger partial charge in [0.2, 0.25) is 0 Å². The second kappa shape index (κ2) is 4.10. The van der Waals surface area contributed by atoms with Crippen LogP contribution in [-0.4, -0.2) is 21.8 Å². The first kappa shape index (κ1) is 12.0. The summed E-state index contributed by atoms with van der Waals surface area (Å²) < 4.78 is 0. The van der Waals surface area contributed by atoms with Crippen LogP contribution in [0.2, 0.25) is 0 Å². The van der Waals surface area contributed by atoms with Gasteiger partial charge in [-0.25, -0.2) is 4.79 Å². The van der Waals surface area contributed by atoms with Crippen molar-refractivity contribution in [2.24, 2.45) is 0 Å². The Hall–Kier alpha value is -2.43. The monoisotopic (exact) mass is 245 g/mol. The Kier molecular flexibility index (Phi) is 2.74. The SMILES string of the molecule is CC(=O)c1c(C(=O)O)c2cc(C)ccc2[nH]c1=O. The number of nitrogens with one attached hydrogen (secondary N) is 1. The van der Waals surface area contributed by atoms with E-state index in [2.05, 4.69) is 4.98 Å². The summed E-state index contributed by atoms with van der Waals surface area (Å²) in [6.07, 6.45) is 0. The zero-order valence-electron chi connectivity index (χ0n) is 9.90. The third kappa shape index (κ3) is 1.79. The van der Waals surface area contributed by atoms with Crippen molar-refractivity contribution in [2.75, 3.05) is 0 Å². The van der Waals surface area contributed by atoms with Crippen LogP contribution in [0.4, 0.5) is 0 Å².